The average Bonchev–Trinajstić information content (AvgIpc) is 2.44. The van der Waals surface area contributed by atoms with E-state index in [1.807, 2.05) is 0 Å². The lowest BCUT2D eigenvalue weighted by Gasteiger charge is -2.09. The maximum Gasteiger partial charge on any atom is 0.408 e. The van der Waals surface area contributed by atoms with Crippen molar-refractivity contribution in [2.45, 2.75) is 19.6 Å². The maximum absolute atomic E-state index is 12.2. The number of alkyl halides is 3. The second-order valence-corrected chi connectivity index (χ2v) is 3.95. The number of hydrogen-bond acceptors (Lipinski definition) is 3. The first-order chi connectivity index (χ1) is 7.33. The number of halogens is 4. The zero-order valence-corrected chi connectivity index (χ0v) is 10.4. The Morgan fingerprint density at radius 3 is 2.75 bits per heavy atom. The Morgan fingerprint density at radius 1 is 1.62 bits per heavy atom. The standard InChI is InChI=1S/C8H8F3IN2O2/c1-2-16-7(15)5-3-6(12)13-14(5)4-8(9,10)11/h3H,2,4H2,1H3. The molecule has 0 radical (unpaired) electrons. The van der Waals surface area contributed by atoms with Gasteiger partial charge in [0.2, 0.25) is 0 Å². The molecule has 0 unspecified atom stereocenters. The number of aromatic nitrogens is 2. The first-order valence-electron chi connectivity index (χ1n) is 4.30. The fourth-order valence-electron chi connectivity index (χ4n) is 1.05. The first kappa shape index (κ1) is 13.3. The normalized spacial score (nSPS) is 11.6. The molecular weight excluding hydrogens is 340 g/mol. The summed E-state index contributed by atoms with van der Waals surface area (Å²) in [4.78, 5) is 11.3. The number of ether oxygens (including phenoxy) is 1. The molecule has 1 aromatic heterocycles. The summed E-state index contributed by atoms with van der Waals surface area (Å²) >= 11 is 1.73. The van der Waals surface area contributed by atoms with Crippen molar-refractivity contribution in [2.24, 2.45) is 0 Å². The molecule has 0 aliphatic rings. The molecule has 0 aliphatic heterocycles. The molecule has 0 fully saturated rings. The van der Waals surface area contributed by atoms with Crippen LogP contribution in [0.25, 0.3) is 0 Å². The van der Waals surface area contributed by atoms with Gasteiger partial charge in [0.15, 0.2) is 0 Å². The van der Waals surface area contributed by atoms with Crippen molar-refractivity contribution >= 4 is 28.6 Å². The molecule has 0 aromatic carbocycles. The fraction of sp³-hybridized carbons (Fsp3) is 0.500. The maximum atomic E-state index is 12.2. The van der Waals surface area contributed by atoms with E-state index in [-0.39, 0.29) is 12.3 Å². The number of nitrogens with zero attached hydrogens (tertiary/aromatic N) is 2. The van der Waals surface area contributed by atoms with Crippen molar-refractivity contribution in [1.29, 1.82) is 0 Å². The molecule has 0 atom stereocenters. The van der Waals surface area contributed by atoms with Crippen molar-refractivity contribution in [2.75, 3.05) is 6.61 Å². The van der Waals surface area contributed by atoms with Crippen LogP contribution in [0.4, 0.5) is 13.2 Å². The van der Waals surface area contributed by atoms with Gasteiger partial charge in [0.1, 0.15) is 15.9 Å². The van der Waals surface area contributed by atoms with E-state index in [0.717, 1.165) is 0 Å². The highest BCUT2D eigenvalue weighted by atomic mass is 127. The highest BCUT2D eigenvalue weighted by molar-refractivity contribution is 14.1. The molecule has 0 bridgehead atoms. The Balaban J connectivity index is 2.96. The van der Waals surface area contributed by atoms with Crippen LogP contribution in [0, 0.1) is 3.70 Å². The molecule has 0 spiro atoms. The van der Waals surface area contributed by atoms with E-state index in [1.165, 1.54) is 6.07 Å². The van der Waals surface area contributed by atoms with Crippen LogP contribution in [0.3, 0.4) is 0 Å². The van der Waals surface area contributed by atoms with Gasteiger partial charge in [-0.25, -0.2) is 9.48 Å². The first-order valence-corrected chi connectivity index (χ1v) is 5.38. The van der Waals surface area contributed by atoms with Gasteiger partial charge >= 0.3 is 12.1 Å². The lowest BCUT2D eigenvalue weighted by molar-refractivity contribution is -0.142. The Labute approximate surface area is 103 Å². The number of esters is 1. The third kappa shape index (κ3) is 3.65. The van der Waals surface area contributed by atoms with Crippen LogP contribution in [0.5, 0.6) is 0 Å². The van der Waals surface area contributed by atoms with Crippen LogP contribution >= 0.6 is 22.6 Å². The molecule has 1 heterocycles. The predicted molar refractivity (Wildman–Crippen MR) is 57.0 cm³/mol. The second-order valence-electron chi connectivity index (χ2n) is 2.85. The van der Waals surface area contributed by atoms with Crippen LogP contribution in [0.15, 0.2) is 6.07 Å². The summed E-state index contributed by atoms with van der Waals surface area (Å²) in [6.07, 6.45) is -4.42. The summed E-state index contributed by atoms with van der Waals surface area (Å²) in [6, 6.07) is 1.25. The molecule has 0 saturated carbocycles. The molecule has 0 N–H and O–H groups in total. The van der Waals surface area contributed by atoms with Crippen molar-refractivity contribution in [1.82, 2.24) is 9.78 Å². The molecule has 16 heavy (non-hydrogen) atoms. The zero-order chi connectivity index (χ0) is 12.3. The van der Waals surface area contributed by atoms with Gasteiger partial charge in [-0.15, -0.1) is 0 Å². The van der Waals surface area contributed by atoms with Crippen LogP contribution < -0.4 is 0 Å². The molecule has 90 valence electrons. The monoisotopic (exact) mass is 348 g/mol. The Hall–Kier alpha value is -0.800. The Bertz CT molecular complexity index is 389. The van der Waals surface area contributed by atoms with Crippen molar-refractivity contribution in [3.63, 3.8) is 0 Å². The third-order valence-electron chi connectivity index (χ3n) is 1.56. The molecule has 1 rings (SSSR count). The van der Waals surface area contributed by atoms with E-state index < -0.39 is 18.7 Å². The van der Waals surface area contributed by atoms with Gasteiger partial charge in [-0.1, -0.05) is 0 Å². The molecule has 4 nitrogen and oxygen atoms in total. The second kappa shape index (κ2) is 5.02. The van der Waals surface area contributed by atoms with Gasteiger partial charge in [-0.3, -0.25) is 0 Å². The summed E-state index contributed by atoms with van der Waals surface area (Å²) in [5.74, 6) is -0.804. The smallest absolute Gasteiger partial charge is 0.408 e. The van der Waals surface area contributed by atoms with Crippen molar-refractivity contribution in [3.8, 4) is 0 Å². The molecule has 0 saturated heterocycles. The lowest BCUT2D eigenvalue weighted by Crippen LogP contribution is -2.22. The summed E-state index contributed by atoms with van der Waals surface area (Å²) in [5.41, 5.74) is -0.191. The Kier molecular flexibility index (Phi) is 4.16. The molecule has 1 aromatic rings. The van der Waals surface area contributed by atoms with Gasteiger partial charge in [0.05, 0.1) is 6.61 Å². The highest BCUT2D eigenvalue weighted by Crippen LogP contribution is 2.19. The van der Waals surface area contributed by atoms with Gasteiger partial charge in [0, 0.05) is 6.07 Å². The molecule has 0 amide bonds. The van der Waals surface area contributed by atoms with Crippen LogP contribution in [-0.2, 0) is 11.3 Å². The number of carbonyl (C=O) groups excluding carboxylic acids is 1. The molecular formula is C8H8F3IN2O2. The van der Waals surface area contributed by atoms with Crippen LogP contribution in [0.2, 0.25) is 0 Å². The number of rotatable bonds is 3. The minimum Gasteiger partial charge on any atom is -0.461 e. The molecule has 8 heteroatoms. The quantitative estimate of drug-likeness (QED) is 0.622. The average molecular weight is 348 g/mol. The summed E-state index contributed by atoms with van der Waals surface area (Å²) in [6.45, 7) is 0.379. The van der Waals surface area contributed by atoms with Gasteiger partial charge in [-0.05, 0) is 29.5 Å². The van der Waals surface area contributed by atoms with Gasteiger partial charge in [-0.2, -0.15) is 18.3 Å². The SMILES string of the molecule is CCOC(=O)c1cc(I)nn1CC(F)(F)F. The predicted octanol–water partition coefficient (Wildman–Crippen LogP) is 2.23. The van der Waals surface area contributed by atoms with E-state index in [4.69, 9.17) is 0 Å². The molecule has 0 aliphatic carbocycles. The van der Waals surface area contributed by atoms with E-state index in [0.29, 0.717) is 8.38 Å². The van der Waals surface area contributed by atoms with E-state index in [2.05, 4.69) is 9.84 Å². The minimum absolute atomic E-state index is 0.104. The summed E-state index contributed by atoms with van der Waals surface area (Å²) < 4.78 is 42.0. The number of carbonyl (C=O) groups is 1. The fourth-order valence-corrected chi connectivity index (χ4v) is 1.60. The largest absolute Gasteiger partial charge is 0.461 e. The summed E-state index contributed by atoms with van der Waals surface area (Å²) in [5, 5.41) is 3.58. The highest BCUT2D eigenvalue weighted by Gasteiger charge is 2.31. The van der Waals surface area contributed by atoms with E-state index in [1.54, 1.807) is 29.5 Å². The van der Waals surface area contributed by atoms with Crippen LogP contribution in [-0.4, -0.2) is 28.5 Å². The minimum atomic E-state index is -4.42. The Morgan fingerprint density at radius 2 is 2.25 bits per heavy atom. The van der Waals surface area contributed by atoms with E-state index in [9.17, 15) is 18.0 Å². The van der Waals surface area contributed by atoms with Crippen molar-refractivity contribution < 1.29 is 22.7 Å². The van der Waals surface area contributed by atoms with Gasteiger partial charge < -0.3 is 4.74 Å². The van der Waals surface area contributed by atoms with Gasteiger partial charge in [0.25, 0.3) is 0 Å². The van der Waals surface area contributed by atoms with Crippen LogP contribution in [0.1, 0.15) is 17.4 Å². The zero-order valence-electron chi connectivity index (χ0n) is 8.21. The number of hydrogen-bond donors (Lipinski definition) is 0. The van der Waals surface area contributed by atoms with E-state index >= 15 is 0 Å². The third-order valence-corrected chi connectivity index (χ3v) is 2.09. The topological polar surface area (TPSA) is 44.1 Å². The lowest BCUT2D eigenvalue weighted by atomic mass is 10.4. The summed E-state index contributed by atoms with van der Waals surface area (Å²) in [7, 11) is 0. The van der Waals surface area contributed by atoms with Crippen molar-refractivity contribution in [3.05, 3.63) is 15.5 Å².